The number of ether oxygens (including phenoxy) is 1. The van der Waals surface area contributed by atoms with Crippen molar-refractivity contribution in [2.75, 3.05) is 12.0 Å². The van der Waals surface area contributed by atoms with Crippen LogP contribution in [-0.4, -0.2) is 24.2 Å². The fourth-order valence-corrected chi connectivity index (χ4v) is 4.87. The van der Waals surface area contributed by atoms with Crippen molar-refractivity contribution in [1.29, 1.82) is 5.26 Å². The van der Waals surface area contributed by atoms with Crippen LogP contribution in [0.15, 0.2) is 81.9 Å². The molecular formula is C26H23N3O4S. The topological polar surface area (TPSA) is 95.6 Å². The van der Waals surface area contributed by atoms with E-state index in [1.54, 1.807) is 19.2 Å². The third kappa shape index (κ3) is 5.00. The van der Waals surface area contributed by atoms with Crippen molar-refractivity contribution in [2.45, 2.75) is 25.1 Å². The molecule has 3 aromatic rings. The predicted molar refractivity (Wildman–Crippen MR) is 130 cm³/mol. The third-order valence-corrected chi connectivity index (χ3v) is 6.64. The van der Waals surface area contributed by atoms with Gasteiger partial charge in [0, 0.05) is 5.69 Å². The third-order valence-electron chi connectivity index (χ3n) is 5.38. The van der Waals surface area contributed by atoms with Crippen LogP contribution in [0.5, 0.6) is 5.75 Å². The van der Waals surface area contributed by atoms with Crippen molar-refractivity contribution in [1.82, 2.24) is 5.32 Å². The molecule has 34 heavy (non-hydrogen) atoms. The zero-order valence-electron chi connectivity index (χ0n) is 18.8. The van der Waals surface area contributed by atoms with Crippen molar-refractivity contribution >= 4 is 29.3 Å². The number of benzene rings is 2. The van der Waals surface area contributed by atoms with Gasteiger partial charge in [-0.25, -0.2) is 0 Å². The number of carbonyl (C=O) groups excluding carboxylic acids is 2. The highest BCUT2D eigenvalue weighted by molar-refractivity contribution is 8.05. The number of nitriles is 1. The van der Waals surface area contributed by atoms with E-state index in [1.807, 2.05) is 61.5 Å². The Balaban J connectivity index is 1.66. The molecule has 0 aliphatic carbocycles. The number of amides is 2. The Labute approximate surface area is 202 Å². The van der Waals surface area contributed by atoms with Crippen LogP contribution in [0.3, 0.4) is 0 Å². The molecule has 8 heteroatoms. The second-order valence-corrected chi connectivity index (χ2v) is 8.91. The normalized spacial score (nSPS) is 16.8. The Morgan fingerprint density at radius 1 is 1.18 bits per heavy atom. The number of hydrogen-bond donors (Lipinski definition) is 1. The van der Waals surface area contributed by atoms with Gasteiger partial charge in [-0.05, 0) is 55.3 Å². The van der Waals surface area contributed by atoms with Crippen LogP contribution < -0.4 is 15.0 Å². The first-order chi connectivity index (χ1) is 16.5. The Morgan fingerprint density at radius 3 is 2.53 bits per heavy atom. The van der Waals surface area contributed by atoms with Crippen molar-refractivity contribution in [3.8, 4) is 11.8 Å². The first-order valence-corrected chi connectivity index (χ1v) is 11.5. The predicted octanol–water partition coefficient (Wildman–Crippen LogP) is 4.34. The maximum atomic E-state index is 13.5. The van der Waals surface area contributed by atoms with Gasteiger partial charge in [0.1, 0.15) is 28.2 Å². The average Bonchev–Trinajstić information content (AvgIpc) is 3.48. The number of furan rings is 1. The number of thioether (sulfide) groups is 1. The molecule has 1 saturated heterocycles. The highest BCUT2D eigenvalue weighted by Crippen LogP contribution is 2.42. The molecule has 0 saturated carbocycles. The monoisotopic (exact) mass is 473 g/mol. The van der Waals surface area contributed by atoms with E-state index in [-0.39, 0.29) is 18.0 Å². The highest BCUT2D eigenvalue weighted by atomic mass is 32.2. The standard InChI is InChI=1S/C26H23N3O4S/c1-17-5-9-19(10-6-17)29-25(31)23(14-18-7-11-20(32-2)12-8-18)34-26(29)22(15-27)24(30)28-16-21-4-3-13-33-21/h3-13,23H,14,16H2,1-2H3,(H,28,30)/b26-22+. The average molecular weight is 474 g/mol. The Kier molecular flexibility index (Phi) is 7.04. The van der Waals surface area contributed by atoms with E-state index >= 15 is 0 Å². The lowest BCUT2D eigenvalue weighted by atomic mass is 10.1. The summed E-state index contributed by atoms with van der Waals surface area (Å²) < 4.78 is 10.5. The van der Waals surface area contributed by atoms with E-state index in [0.717, 1.165) is 16.9 Å². The smallest absolute Gasteiger partial charge is 0.265 e. The van der Waals surface area contributed by atoms with Crippen LogP contribution in [0.1, 0.15) is 16.9 Å². The molecular weight excluding hydrogens is 450 g/mol. The molecule has 2 amide bonds. The minimum Gasteiger partial charge on any atom is -0.497 e. The van der Waals surface area contributed by atoms with Gasteiger partial charge in [0.05, 0.1) is 25.2 Å². The zero-order valence-corrected chi connectivity index (χ0v) is 19.6. The van der Waals surface area contributed by atoms with Crippen LogP contribution >= 0.6 is 11.8 Å². The summed E-state index contributed by atoms with van der Waals surface area (Å²) in [5, 5.41) is 12.4. The molecule has 1 fully saturated rings. The number of nitrogens with zero attached hydrogens (tertiary/aromatic N) is 2. The minimum atomic E-state index is -0.559. The number of carbonyl (C=O) groups is 2. The van der Waals surface area contributed by atoms with Crippen molar-refractivity contribution in [3.05, 3.63) is 94.4 Å². The molecule has 2 aromatic carbocycles. The summed E-state index contributed by atoms with van der Waals surface area (Å²) in [6, 6.07) is 20.4. The fraction of sp³-hybridized carbons (Fsp3) is 0.192. The molecule has 1 N–H and O–H groups in total. The molecule has 2 heterocycles. The van der Waals surface area contributed by atoms with Gasteiger partial charge in [-0.3, -0.25) is 14.5 Å². The van der Waals surface area contributed by atoms with Gasteiger partial charge < -0.3 is 14.5 Å². The second-order valence-electron chi connectivity index (χ2n) is 7.72. The van der Waals surface area contributed by atoms with Crippen LogP contribution in [0, 0.1) is 18.3 Å². The van der Waals surface area contributed by atoms with Crippen LogP contribution in [-0.2, 0) is 22.6 Å². The second kappa shape index (κ2) is 10.3. The molecule has 1 atom stereocenters. The molecule has 1 unspecified atom stereocenters. The highest BCUT2D eigenvalue weighted by Gasteiger charge is 2.40. The summed E-state index contributed by atoms with van der Waals surface area (Å²) in [6.45, 7) is 2.10. The molecule has 1 aliphatic heterocycles. The number of hydrogen-bond acceptors (Lipinski definition) is 6. The fourth-order valence-electron chi connectivity index (χ4n) is 3.56. The van der Waals surface area contributed by atoms with Crippen molar-refractivity contribution in [3.63, 3.8) is 0 Å². The number of rotatable bonds is 7. The lowest BCUT2D eigenvalue weighted by molar-refractivity contribution is -0.117. The van der Waals surface area contributed by atoms with Gasteiger partial charge in [-0.2, -0.15) is 5.26 Å². The first-order valence-electron chi connectivity index (χ1n) is 10.7. The van der Waals surface area contributed by atoms with Gasteiger partial charge in [0.2, 0.25) is 5.91 Å². The molecule has 4 rings (SSSR count). The molecule has 1 aromatic heterocycles. The summed E-state index contributed by atoms with van der Waals surface area (Å²) in [5.41, 5.74) is 2.50. The SMILES string of the molecule is COc1ccc(CC2S/C(=C(\C#N)C(=O)NCc3ccco3)N(c3ccc(C)cc3)C2=O)cc1. The Bertz CT molecular complexity index is 1240. The van der Waals surface area contributed by atoms with E-state index in [0.29, 0.717) is 22.9 Å². The van der Waals surface area contributed by atoms with Gasteiger partial charge in [0.25, 0.3) is 5.91 Å². The van der Waals surface area contributed by atoms with Crippen molar-refractivity contribution in [2.24, 2.45) is 0 Å². The zero-order chi connectivity index (χ0) is 24.1. The summed E-state index contributed by atoms with van der Waals surface area (Å²) in [7, 11) is 1.60. The van der Waals surface area contributed by atoms with E-state index in [4.69, 9.17) is 9.15 Å². The van der Waals surface area contributed by atoms with Crippen LogP contribution in [0.4, 0.5) is 5.69 Å². The molecule has 1 aliphatic rings. The summed E-state index contributed by atoms with van der Waals surface area (Å²) in [4.78, 5) is 27.9. The number of aryl methyl sites for hydroxylation is 1. The molecule has 0 bridgehead atoms. The van der Waals surface area contributed by atoms with Gasteiger partial charge in [-0.15, -0.1) is 0 Å². The van der Waals surface area contributed by atoms with Gasteiger partial charge in [0.15, 0.2) is 0 Å². The molecule has 0 spiro atoms. The lowest BCUT2D eigenvalue weighted by Gasteiger charge is -2.19. The quantitative estimate of drug-likeness (QED) is 0.405. The Hall–Kier alpha value is -3.96. The number of nitrogens with one attached hydrogen (secondary N) is 1. The van der Waals surface area contributed by atoms with Crippen LogP contribution in [0.25, 0.3) is 0 Å². The first kappa shape index (κ1) is 23.2. The van der Waals surface area contributed by atoms with E-state index in [2.05, 4.69) is 5.32 Å². The van der Waals surface area contributed by atoms with Crippen LogP contribution in [0.2, 0.25) is 0 Å². The van der Waals surface area contributed by atoms with Gasteiger partial charge >= 0.3 is 0 Å². The summed E-state index contributed by atoms with van der Waals surface area (Å²) in [5.74, 6) is 0.567. The summed E-state index contributed by atoms with van der Waals surface area (Å²) >= 11 is 1.23. The largest absolute Gasteiger partial charge is 0.497 e. The summed E-state index contributed by atoms with van der Waals surface area (Å²) in [6.07, 6.45) is 1.96. The maximum absolute atomic E-state index is 13.5. The van der Waals surface area contributed by atoms with Gasteiger partial charge in [-0.1, -0.05) is 41.6 Å². The van der Waals surface area contributed by atoms with E-state index < -0.39 is 11.2 Å². The number of methoxy groups -OCH3 is 1. The van der Waals surface area contributed by atoms with Crippen molar-refractivity contribution < 1.29 is 18.7 Å². The number of anilines is 1. The Morgan fingerprint density at radius 2 is 1.91 bits per heavy atom. The molecule has 7 nitrogen and oxygen atoms in total. The lowest BCUT2D eigenvalue weighted by Crippen LogP contribution is -2.32. The molecule has 0 radical (unpaired) electrons. The van der Waals surface area contributed by atoms with E-state index in [9.17, 15) is 14.9 Å². The minimum absolute atomic E-state index is 0.109. The van der Waals surface area contributed by atoms with E-state index in [1.165, 1.54) is 22.9 Å². The molecule has 172 valence electrons. The maximum Gasteiger partial charge on any atom is 0.265 e.